The number of hydrogen-bond acceptors (Lipinski definition) is 7. The maximum atomic E-state index is 12.3. The maximum absolute atomic E-state index is 12.3. The molecule has 0 atom stereocenters. The molecule has 3 aromatic rings. The van der Waals surface area contributed by atoms with Crippen LogP contribution in [0, 0.1) is 13.8 Å². The fourth-order valence-electron chi connectivity index (χ4n) is 3.04. The zero-order valence-corrected chi connectivity index (χ0v) is 17.7. The Morgan fingerprint density at radius 1 is 1.28 bits per heavy atom. The molecular weight excluding hydrogens is 410 g/mol. The van der Waals surface area contributed by atoms with Gasteiger partial charge in [0.25, 0.3) is 0 Å². The van der Waals surface area contributed by atoms with Gasteiger partial charge in [-0.05, 0) is 49.2 Å². The van der Waals surface area contributed by atoms with Crippen LogP contribution in [-0.4, -0.2) is 18.1 Å². The Hall–Kier alpha value is -2.81. The lowest BCUT2D eigenvalue weighted by molar-refractivity contribution is 0.155. The zero-order valence-electron chi connectivity index (χ0n) is 16.2. The second-order valence-electron chi connectivity index (χ2n) is 6.74. The highest BCUT2D eigenvalue weighted by atomic mass is 35.5. The number of rotatable bonds is 4. The Bertz CT molecular complexity index is 1080. The van der Waals surface area contributed by atoms with Crippen molar-refractivity contribution in [3.63, 3.8) is 0 Å². The van der Waals surface area contributed by atoms with E-state index in [0.29, 0.717) is 10.0 Å². The van der Waals surface area contributed by atoms with E-state index in [0.717, 1.165) is 38.8 Å². The molecule has 0 saturated heterocycles. The molecule has 0 bridgehead atoms. The van der Waals surface area contributed by atoms with E-state index in [2.05, 4.69) is 21.3 Å². The largest absolute Gasteiger partial charge is 0.444 e. The molecule has 0 unspecified atom stereocenters. The summed E-state index contributed by atoms with van der Waals surface area (Å²) in [5.41, 5.74) is 11.7. The molecule has 0 saturated carbocycles. The topological polar surface area (TPSA) is 78.5 Å². The Kier molecular flexibility index (Phi) is 5.31. The van der Waals surface area contributed by atoms with Crippen LogP contribution in [0.25, 0.3) is 10.6 Å². The van der Waals surface area contributed by atoms with Crippen LogP contribution in [0.15, 0.2) is 36.4 Å². The Balaban J connectivity index is 1.41. The van der Waals surface area contributed by atoms with Crippen molar-refractivity contribution < 1.29 is 9.53 Å². The summed E-state index contributed by atoms with van der Waals surface area (Å²) in [6, 6.07) is 11.5. The van der Waals surface area contributed by atoms with Crippen molar-refractivity contribution >= 4 is 45.4 Å². The number of hydrogen-bond donors (Lipinski definition) is 3. The third kappa shape index (κ3) is 4.14. The van der Waals surface area contributed by atoms with Crippen LogP contribution < -0.4 is 21.3 Å². The third-order valence-electron chi connectivity index (χ3n) is 4.58. The standard InChI is InChI=1S/C20H20ClN5O2S/c1-11-8-14(21)5-6-15(11)19-22-12(2)18(29-19)23-20(27)28-10-13-4-7-17-16(9-13)24-25-26(17)3/h4-9,24-25H,10H2,1-3H3,(H,23,27). The quantitative estimate of drug-likeness (QED) is 0.534. The number of nitrogens with one attached hydrogen (secondary N) is 3. The van der Waals surface area contributed by atoms with Gasteiger partial charge in [0.1, 0.15) is 16.6 Å². The number of thiazole rings is 1. The summed E-state index contributed by atoms with van der Waals surface area (Å²) in [5, 5.41) is 6.85. The van der Waals surface area contributed by atoms with Crippen LogP contribution in [-0.2, 0) is 11.3 Å². The van der Waals surface area contributed by atoms with Gasteiger partial charge in [-0.3, -0.25) is 10.3 Å². The van der Waals surface area contributed by atoms with Gasteiger partial charge >= 0.3 is 6.09 Å². The van der Waals surface area contributed by atoms with Crippen molar-refractivity contribution in [2.24, 2.45) is 0 Å². The van der Waals surface area contributed by atoms with E-state index in [1.807, 2.05) is 62.3 Å². The zero-order chi connectivity index (χ0) is 20.5. The highest BCUT2D eigenvalue weighted by Gasteiger charge is 2.16. The van der Waals surface area contributed by atoms with Crippen molar-refractivity contribution in [2.75, 3.05) is 22.8 Å². The lowest BCUT2D eigenvalue weighted by Gasteiger charge is -2.10. The highest BCUT2D eigenvalue weighted by Crippen LogP contribution is 2.34. The minimum Gasteiger partial charge on any atom is -0.444 e. The first-order valence-corrected chi connectivity index (χ1v) is 10.2. The third-order valence-corrected chi connectivity index (χ3v) is 5.92. The molecule has 3 N–H and O–H groups in total. The Morgan fingerprint density at radius 2 is 2.10 bits per heavy atom. The summed E-state index contributed by atoms with van der Waals surface area (Å²) in [7, 11) is 1.92. The van der Waals surface area contributed by atoms with Crippen molar-refractivity contribution in [2.45, 2.75) is 20.5 Å². The molecule has 1 aromatic heterocycles. The minimum absolute atomic E-state index is 0.172. The maximum Gasteiger partial charge on any atom is 0.412 e. The molecule has 7 nitrogen and oxygen atoms in total. The lowest BCUT2D eigenvalue weighted by Crippen LogP contribution is -2.31. The van der Waals surface area contributed by atoms with Crippen LogP contribution in [0.3, 0.4) is 0 Å². The molecule has 0 radical (unpaired) electrons. The van der Waals surface area contributed by atoms with Gasteiger partial charge in [-0.2, -0.15) is 0 Å². The SMILES string of the molecule is Cc1cc(Cl)ccc1-c1nc(C)c(NC(=O)OCc2ccc3c(c2)NNN3C)s1. The summed E-state index contributed by atoms with van der Waals surface area (Å²) < 4.78 is 5.38. The van der Waals surface area contributed by atoms with Crippen LogP contribution in [0.4, 0.5) is 21.2 Å². The molecule has 1 aliphatic heterocycles. The number of aryl methyl sites for hydroxylation is 2. The van der Waals surface area contributed by atoms with Crippen molar-refractivity contribution in [1.82, 2.24) is 10.5 Å². The lowest BCUT2D eigenvalue weighted by atomic mass is 10.1. The molecule has 0 aliphatic carbocycles. The summed E-state index contributed by atoms with van der Waals surface area (Å²) in [5.74, 6) is 0. The van der Waals surface area contributed by atoms with Gasteiger partial charge < -0.3 is 10.2 Å². The van der Waals surface area contributed by atoms with Crippen molar-refractivity contribution in [3.8, 4) is 10.6 Å². The second kappa shape index (κ2) is 7.90. The van der Waals surface area contributed by atoms with Gasteiger partial charge in [-0.1, -0.05) is 35.1 Å². The predicted octanol–water partition coefficient (Wildman–Crippen LogP) is 5.11. The predicted molar refractivity (Wildman–Crippen MR) is 117 cm³/mol. The van der Waals surface area contributed by atoms with E-state index in [1.54, 1.807) is 0 Å². The van der Waals surface area contributed by atoms with E-state index >= 15 is 0 Å². The first-order valence-electron chi connectivity index (χ1n) is 8.97. The van der Waals surface area contributed by atoms with Gasteiger partial charge in [0.2, 0.25) is 0 Å². The number of anilines is 3. The smallest absolute Gasteiger partial charge is 0.412 e. The molecule has 2 aromatic carbocycles. The van der Waals surface area contributed by atoms with Crippen LogP contribution >= 0.6 is 22.9 Å². The summed E-state index contributed by atoms with van der Waals surface area (Å²) in [6.45, 7) is 4.01. The second-order valence-corrected chi connectivity index (χ2v) is 8.18. The molecule has 29 heavy (non-hydrogen) atoms. The van der Waals surface area contributed by atoms with Crippen LogP contribution in [0.5, 0.6) is 0 Å². The van der Waals surface area contributed by atoms with E-state index in [-0.39, 0.29) is 6.61 Å². The van der Waals surface area contributed by atoms with E-state index in [4.69, 9.17) is 16.3 Å². The Morgan fingerprint density at radius 3 is 2.90 bits per heavy atom. The average Bonchev–Trinajstić information content (AvgIpc) is 3.23. The molecule has 150 valence electrons. The van der Waals surface area contributed by atoms with Gasteiger partial charge in [-0.15, -0.1) is 5.53 Å². The van der Waals surface area contributed by atoms with Gasteiger partial charge in [0.05, 0.1) is 17.1 Å². The van der Waals surface area contributed by atoms with Crippen LogP contribution in [0.2, 0.25) is 5.02 Å². The first kappa shape index (κ1) is 19.5. The number of halogens is 1. The van der Waals surface area contributed by atoms with Crippen LogP contribution in [0.1, 0.15) is 16.8 Å². The molecule has 1 amide bonds. The minimum atomic E-state index is -0.514. The molecule has 2 heterocycles. The van der Waals surface area contributed by atoms with Gasteiger partial charge in [0, 0.05) is 17.6 Å². The van der Waals surface area contributed by atoms with Crippen molar-refractivity contribution in [3.05, 3.63) is 58.2 Å². The molecular formula is C20H20ClN5O2S. The molecule has 1 aliphatic rings. The molecule has 9 heteroatoms. The van der Waals surface area contributed by atoms with E-state index < -0.39 is 6.09 Å². The number of aromatic nitrogens is 1. The number of fused-ring (bicyclic) bond motifs is 1. The molecule has 0 spiro atoms. The normalized spacial score (nSPS) is 12.5. The van der Waals surface area contributed by atoms with E-state index in [1.165, 1.54) is 11.3 Å². The van der Waals surface area contributed by atoms with Crippen molar-refractivity contribution in [1.29, 1.82) is 0 Å². The van der Waals surface area contributed by atoms with Gasteiger partial charge in [0.15, 0.2) is 0 Å². The number of amides is 1. The molecule has 4 rings (SSSR count). The summed E-state index contributed by atoms with van der Waals surface area (Å²) in [4.78, 5) is 16.8. The number of ether oxygens (including phenoxy) is 1. The van der Waals surface area contributed by atoms with Gasteiger partial charge in [-0.25, -0.2) is 9.78 Å². The summed E-state index contributed by atoms with van der Waals surface area (Å²) >= 11 is 7.44. The average molecular weight is 430 g/mol. The van der Waals surface area contributed by atoms with E-state index in [9.17, 15) is 4.79 Å². The fraction of sp³-hybridized carbons (Fsp3) is 0.200. The number of hydrazine groups is 2. The number of benzene rings is 2. The number of nitrogens with zero attached hydrogens (tertiary/aromatic N) is 2. The Labute approximate surface area is 177 Å². The first-order chi connectivity index (χ1) is 13.9. The number of carbonyl (C=O) groups excluding carboxylic acids is 1. The monoisotopic (exact) mass is 429 g/mol. The highest BCUT2D eigenvalue weighted by molar-refractivity contribution is 7.19. The molecule has 0 fully saturated rings. The summed E-state index contributed by atoms with van der Waals surface area (Å²) in [6.07, 6.45) is -0.514. The fourth-order valence-corrected chi connectivity index (χ4v) is 4.31. The number of carbonyl (C=O) groups is 1.